The Morgan fingerprint density at radius 3 is 2.83 bits per heavy atom. The van der Waals surface area contributed by atoms with E-state index in [-0.39, 0.29) is 5.82 Å². The lowest BCUT2D eigenvalue weighted by atomic mass is 9.83. The molecule has 2 N–H and O–H groups in total. The zero-order valence-electron chi connectivity index (χ0n) is 12.8. The first-order valence-corrected chi connectivity index (χ1v) is 8.11. The maximum Gasteiger partial charge on any atom is 0.128 e. The van der Waals surface area contributed by atoms with Crippen molar-refractivity contribution in [3.63, 3.8) is 0 Å². The second kappa shape index (κ2) is 5.03. The highest BCUT2D eigenvalue weighted by molar-refractivity contribution is 6.30. The van der Waals surface area contributed by atoms with Gasteiger partial charge >= 0.3 is 0 Å². The van der Waals surface area contributed by atoms with Gasteiger partial charge in [-0.1, -0.05) is 11.6 Å². The van der Waals surface area contributed by atoms with Gasteiger partial charge in [-0.2, -0.15) is 0 Å². The maximum absolute atomic E-state index is 14.5. The van der Waals surface area contributed by atoms with Crippen molar-refractivity contribution in [1.29, 1.82) is 0 Å². The fourth-order valence-electron chi connectivity index (χ4n) is 3.57. The molecule has 0 bridgehead atoms. The third kappa shape index (κ3) is 2.51. The summed E-state index contributed by atoms with van der Waals surface area (Å²) in [6.07, 6.45) is 3.50. The van der Waals surface area contributed by atoms with E-state index in [9.17, 15) is 4.39 Å². The highest BCUT2D eigenvalue weighted by Gasteiger charge is 2.49. The molecule has 3 nitrogen and oxygen atoms in total. The number of halogens is 2. The number of aromatic nitrogens is 1. The minimum Gasteiger partial charge on any atom is -0.387 e. The topological polar surface area (TPSA) is 51.3 Å². The number of rotatable bonds is 2. The van der Waals surface area contributed by atoms with Crippen molar-refractivity contribution in [2.75, 3.05) is 0 Å². The van der Waals surface area contributed by atoms with E-state index in [0.29, 0.717) is 28.3 Å². The molecule has 0 spiro atoms. The van der Waals surface area contributed by atoms with E-state index in [0.717, 1.165) is 24.1 Å². The molecule has 1 aliphatic heterocycles. The second-order valence-corrected chi connectivity index (χ2v) is 7.11. The molecule has 23 heavy (non-hydrogen) atoms. The summed E-state index contributed by atoms with van der Waals surface area (Å²) in [6.45, 7) is 1.96. The first-order chi connectivity index (χ1) is 11.0. The summed E-state index contributed by atoms with van der Waals surface area (Å²) in [6, 6.07) is 8.66. The van der Waals surface area contributed by atoms with Gasteiger partial charge < -0.3 is 5.73 Å². The number of nitrogens with two attached hydrogens (primary N) is 1. The Kier molecular flexibility index (Phi) is 3.20. The lowest BCUT2D eigenvalue weighted by Gasteiger charge is -2.30. The average Bonchev–Trinajstić information content (AvgIpc) is 3.28. The van der Waals surface area contributed by atoms with E-state index < -0.39 is 5.54 Å². The van der Waals surface area contributed by atoms with E-state index in [1.165, 1.54) is 6.07 Å². The van der Waals surface area contributed by atoms with Gasteiger partial charge in [-0.05, 0) is 56.0 Å². The number of hydrogen-bond acceptors (Lipinski definition) is 3. The van der Waals surface area contributed by atoms with Crippen LogP contribution in [0.1, 0.15) is 25.3 Å². The Labute approximate surface area is 139 Å². The fraction of sp³-hybridized carbons (Fsp3) is 0.333. The molecule has 0 saturated heterocycles. The van der Waals surface area contributed by atoms with Gasteiger partial charge in [0.15, 0.2) is 0 Å². The van der Waals surface area contributed by atoms with Gasteiger partial charge in [-0.3, -0.25) is 9.98 Å². The third-order valence-corrected chi connectivity index (χ3v) is 5.13. The minimum absolute atomic E-state index is 0.249. The largest absolute Gasteiger partial charge is 0.387 e. The number of aliphatic imine (C=N–C) groups is 1. The summed E-state index contributed by atoms with van der Waals surface area (Å²) in [4.78, 5) is 8.94. The monoisotopic (exact) mass is 329 g/mol. The molecule has 2 aromatic rings. The summed E-state index contributed by atoms with van der Waals surface area (Å²) in [5, 5.41) is 0.576. The number of benzene rings is 1. The van der Waals surface area contributed by atoms with Gasteiger partial charge in [0.2, 0.25) is 0 Å². The predicted molar refractivity (Wildman–Crippen MR) is 89.8 cm³/mol. The highest BCUT2D eigenvalue weighted by Crippen LogP contribution is 2.52. The highest BCUT2D eigenvalue weighted by atomic mass is 35.5. The molecule has 4 rings (SSSR count). The molecule has 118 valence electrons. The van der Waals surface area contributed by atoms with E-state index in [4.69, 9.17) is 17.3 Å². The molecule has 1 aromatic carbocycles. The van der Waals surface area contributed by atoms with E-state index in [2.05, 4.69) is 9.98 Å². The number of nitrogens with zero attached hydrogens (tertiary/aromatic N) is 2. The molecule has 1 fully saturated rings. The number of pyridine rings is 1. The number of hydrogen-bond donors (Lipinski definition) is 1. The molecule has 5 heteroatoms. The number of fused-ring (bicyclic) bond motifs is 1. The van der Waals surface area contributed by atoms with E-state index in [1.54, 1.807) is 18.3 Å². The van der Waals surface area contributed by atoms with Crippen molar-refractivity contribution in [2.24, 2.45) is 22.6 Å². The Hall–Kier alpha value is -1.94. The van der Waals surface area contributed by atoms with Crippen LogP contribution >= 0.6 is 11.6 Å². The summed E-state index contributed by atoms with van der Waals surface area (Å²) < 4.78 is 14.5. The van der Waals surface area contributed by atoms with Crippen molar-refractivity contribution in [3.8, 4) is 11.3 Å². The first kappa shape index (κ1) is 14.6. The molecule has 2 aliphatic rings. The Bertz CT molecular complexity index is 802. The normalized spacial score (nSPS) is 28.9. The van der Waals surface area contributed by atoms with Crippen LogP contribution in [0.3, 0.4) is 0 Å². The van der Waals surface area contributed by atoms with E-state index >= 15 is 0 Å². The average molecular weight is 330 g/mol. The predicted octanol–water partition coefficient (Wildman–Crippen LogP) is 4.15. The zero-order chi connectivity index (χ0) is 16.2. The summed E-state index contributed by atoms with van der Waals surface area (Å²) in [7, 11) is 0. The molecule has 1 aromatic heterocycles. The quantitative estimate of drug-likeness (QED) is 0.899. The lowest BCUT2D eigenvalue weighted by Crippen LogP contribution is -2.32. The molecule has 2 heterocycles. The van der Waals surface area contributed by atoms with Crippen molar-refractivity contribution in [2.45, 2.75) is 25.3 Å². The third-order valence-electron chi connectivity index (χ3n) is 4.91. The van der Waals surface area contributed by atoms with Crippen LogP contribution in [0.25, 0.3) is 11.3 Å². The van der Waals surface area contributed by atoms with Gasteiger partial charge in [0.1, 0.15) is 5.82 Å². The van der Waals surface area contributed by atoms with Crippen molar-refractivity contribution >= 4 is 17.4 Å². The molecule has 0 unspecified atom stereocenters. The van der Waals surface area contributed by atoms with Crippen LogP contribution in [0, 0.1) is 17.7 Å². The van der Waals surface area contributed by atoms with Gasteiger partial charge in [0, 0.05) is 23.2 Å². The molecular weight excluding hydrogens is 313 g/mol. The van der Waals surface area contributed by atoms with Crippen LogP contribution < -0.4 is 5.73 Å². The van der Waals surface area contributed by atoms with E-state index in [1.807, 2.05) is 19.1 Å². The van der Waals surface area contributed by atoms with Gasteiger partial charge in [-0.15, -0.1) is 0 Å². The van der Waals surface area contributed by atoms with Gasteiger partial charge in [0.25, 0.3) is 0 Å². The van der Waals surface area contributed by atoms with Crippen LogP contribution in [0.4, 0.5) is 4.39 Å². The smallest absolute Gasteiger partial charge is 0.128 e. The van der Waals surface area contributed by atoms with Gasteiger partial charge in [-0.25, -0.2) is 4.39 Å². The van der Waals surface area contributed by atoms with Crippen LogP contribution in [0.2, 0.25) is 5.02 Å². The molecule has 1 saturated carbocycles. The van der Waals surface area contributed by atoms with Crippen molar-refractivity contribution in [3.05, 3.63) is 52.9 Å². The fourth-order valence-corrected chi connectivity index (χ4v) is 3.69. The summed E-state index contributed by atoms with van der Waals surface area (Å²) in [5.74, 6) is 1.36. The van der Waals surface area contributed by atoms with Crippen LogP contribution in [-0.2, 0) is 5.54 Å². The minimum atomic E-state index is -0.603. The molecule has 0 amide bonds. The van der Waals surface area contributed by atoms with Crippen LogP contribution in [0.5, 0.6) is 0 Å². The van der Waals surface area contributed by atoms with Crippen molar-refractivity contribution < 1.29 is 4.39 Å². The Morgan fingerprint density at radius 2 is 2.13 bits per heavy atom. The van der Waals surface area contributed by atoms with Crippen LogP contribution in [0.15, 0.2) is 41.5 Å². The molecule has 1 aliphatic carbocycles. The zero-order valence-corrected chi connectivity index (χ0v) is 13.5. The molecule has 0 radical (unpaired) electrons. The maximum atomic E-state index is 14.5. The first-order valence-electron chi connectivity index (χ1n) is 7.73. The molecule has 3 atom stereocenters. The summed E-state index contributed by atoms with van der Waals surface area (Å²) in [5.41, 5.74) is 7.64. The second-order valence-electron chi connectivity index (χ2n) is 6.67. The number of amidine groups is 1. The lowest BCUT2D eigenvalue weighted by molar-refractivity contribution is 0.387. The Morgan fingerprint density at radius 1 is 1.30 bits per heavy atom. The van der Waals surface area contributed by atoms with Gasteiger partial charge in [0.05, 0.1) is 22.1 Å². The summed E-state index contributed by atoms with van der Waals surface area (Å²) >= 11 is 5.88. The standard InChI is InChI=1S/C18H17ClFN3/c1-18(8-11-6-13(11)17(21)23-18)14-7-10(2-4-15(14)20)16-5-3-12(19)9-22-16/h2-5,7,9,11,13H,6,8H2,1H3,(H2,21,23)/t11-,13-,18-/m0/s1. The SMILES string of the molecule is C[C@@]1(c2cc(-c3ccc(Cl)cn3)ccc2F)C[C@@H]2C[C@@H]2C(N)=N1. The molecular formula is C18H17ClFN3. The van der Waals surface area contributed by atoms with Crippen LogP contribution in [-0.4, -0.2) is 10.8 Å². The Balaban J connectivity index is 1.78. The van der Waals surface area contributed by atoms with Crippen molar-refractivity contribution in [1.82, 2.24) is 4.98 Å².